The van der Waals surface area contributed by atoms with Crippen molar-refractivity contribution in [3.63, 3.8) is 0 Å². The van der Waals surface area contributed by atoms with Crippen molar-refractivity contribution < 1.29 is 13.0 Å². The van der Waals surface area contributed by atoms with Crippen LogP contribution in [0.15, 0.2) is 16.7 Å². The van der Waals surface area contributed by atoms with E-state index < -0.39 is 10.1 Å². The van der Waals surface area contributed by atoms with Gasteiger partial charge in [0.05, 0.1) is 5.75 Å². The summed E-state index contributed by atoms with van der Waals surface area (Å²) in [5.41, 5.74) is 1.89. The Morgan fingerprint density at radius 2 is 2.25 bits per heavy atom. The molecule has 1 atom stereocenters. The van der Waals surface area contributed by atoms with Gasteiger partial charge in [0.15, 0.2) is 0 Å². The third kappa shape index (κ3) is 2.81. The number of aryl methyl sites for hydroxylation is 1. The molecular formula is C10H12BrNO3S. The van der Waals surface area contributed by atoms with E-state index in [1.165, 1.54) is 0 Å². The molecule has 0 saturated heterocycles. The van der Waals surface area contributed by atoms with Gasteiger partial charge in [0.1, 0.15) is 4.60 Å². The van der Waals surface area contributed by atoms with Gasteiger partial charge in [0.25, 0.3) is 10.1 Å². The summed E-state index contributed by atoms with van der Waals surface area (Å²) in [6.07, 6.45) is 2.63. The monoisotopic (exact) mass is 305 g/mol. The van der Waals surface area contributed by atoms with Crippen LogP contribution < -0.4 is 0 Å². The third-order valence-corrected chi connectivity index (χ3v) is 4.04. The van der Waals surface area contributed by atoms with E-state index in [0.29, 0.717) is 4.60 Å². The summed E-state index contributed by atoms with van der Waals surface area (Å²) in [5.74, 6) is -0.417. The van der Waals surface area contributed by atoms with Gasteiger partial charge in [-0.1, -0.05) is 6.07 Å². The van der Waals surface area contributed by atoms with Gasteiger partial charge >= 0.3 is 0 Å². The maximum Gasteiger partial charge on any atom is 0.265 e. The summed E-state index contributed by atoms with van der Waals surface area (Å²) in [6.45, 7) is 0. The first-order valence-corrected chi connectivity index (χ1v) is 7.46. The number of hydrogen-bond acceptors (Lipinski definition) is 3. The van der Waals surface area contributed by atoms with E-state index in [1.54, 1.807) is 0 Å². The summed E-state index contributed by atoms with van der Waals surface area (Å²) in [4.78, 5) is 4.32. The van der Waals surface area contributed by atoms with Crippen molar-refractivity contribution in [2.75, 3.05) is 5.75 Å². The van der Waals surface area contributed by atoms with Crippen molar-refractivity contribution in [1.29, 1.82) is 0 Å². The number of halogens is 1. The summed E-state index contributed by atoms with van der Waals surface area (Å²) in [5, 5.41) is 0. The van der Waals surface area contributed by atoms with Crippen molar-refractivity contribution in [2.24, 2.45) is 0 Å². The third-order valence-electron chi connectivity index (χ3n) is 2.78. The Hall–Kier alpha value is -0.460. The SMILES string of the molecule is O=S(=O)(O)CC1CCCc2ccc(Br)nc21. The molecule has 0 bridgehead atoms. The van der Waals surface area contributed by atoms with Gasteiger partial charge in [0.2, 0.25) is 0 Å². The molecule has 88 valence electrons. The van der Waals surface area contributed by atoms with Crippen LogP contribution in [0.2, 0.25) is 0 Å². The molecule has 1 N–H and O–H groups in total. The molecule has 0 radical (unpaired) electrons. The van der Waals surface area contributed by atoms with Crippen molar-refractivity contribution in [2.45, 2.75) is 25.2 Å². The van der Waals surface area contributed by atoms with Gasteiger partial charge in [-0.25, -0.2) is 4.98 Å². The van der Waals surface area contributed by atoms with Crippen molar-refractivity contribution >= 4 is 26.0 Å². The highest BCUT2D eigenvalue weighted by molar-refractivity contribution is 9.10. The standard InChI is InChI=1S/C10H12BrNO3S/c11-9-5-4-7-2-1-3-8(10(7)12-9)6-16(13,14)15/h4-5,8H,1-3,6H2,(H,13,14,15). The molecule has 1 aromatic rings. The second kappa shape index (κ2) is 4.43. The molecule has 1 heterocycles. The molecule has 4 nitrogen and oxygen atoms in total. The van der Waals surface area contributed by atoms with Gasteiger partial charge < -0.3 is 0 Å². The number of aromatic nitrogens is 1. The van der Waals surface area contributed by atoms with E-state index in [9.17, 15) is 8.42 Å². The quantitative estimate of drug-likeness (QED) is 0.671. The number of hydrogen-bond donors (Lipinski definition) is 1. The minimum Gasteiger partial charge on any atom is -0.286 e. The zero-order valence-corrected chi connectivity index (χ0v) is 11.0. The average molecular weight is 306 g/mol. The molecule has 0 amide bonds. The smallest absolute Gasteiger partial charge is 0.265 e. The lowest BCUT2D eigenvalue weighted by atomic mass is 9.88. The van der Waals surface area contributed by atoms with E-state index in [-0.39, 0.29) is 11.7 Å². The Balaban J connectivity index is 2.35. The van der Waals surface area contributed by atoms with Gasteiger partial charge in [-0.3, -0.25) is 4.55 Å². The highest BCUT2D eigenvalue weighted by atomic mass is 79.9. The van der Waals surface area contributed by atoms with Crippen molar-refractivity contribution in [3.05, 3.63) is 28.0 Å². The van der Waals surface area contributed by atoms with Gasteiger partial charge in [0, 0.05) is 11.6 Å². The van der Waals surface area contributed by atoms with E-state index in [0.717, 1.165) is 30.5 Å². The summed E-state index contributed by atoms with van der Waals surface area (Å²) in [7, 11) is -3.93. The highest BCUT2D eigenvalue weighted by Crippen LogP contribution is 2.31. The molecule has 1 unspecified atom stereocenters. The van der Waals surface area contributed by atoms with Gasteiger partial charge in [-0.05, 0) is 46.8 Å². The van der Waals surface area contributed by atoms with Crippen molar-refractivity contribution in [1.82, 2.24) is 4.98 Å². The molecule has 1 aliphatic rings. The van der Waals surface area contributed by atoms with Crippen LogP contribution in [0.5, 0.6) is 0 Å². The molecule has 16 heavy (non-hydrogen) atoms. The molecule has 2 rings (SSSR count). The molecule has 0 fully saturated rings. The first kappa shape index (κ1) is 12.0. The molecule has 6 heteroatoms. The van der Waals surface area contributed by atoms with Crippen LogP contribution in [-0.4, -0.2) is 23.7 Å². The van der Waals surface area contributed by atoms with E-state index in [1.807, 2.05) is 12.1 Å². The molecule has 1 aliphatic carbocycles. The predicted octanol–water partition coefficient (Wildman–Crippen LogP) is 2.15. The van der Waals surface area contributed by atoms with Gasteiger partial charge in [-0.2, -0.15) is 8.42 Å². The number of fused-ring (bicyclic) bond motifs is 1. The average Bonchev–Trinajstić information content (AvgIpc) is 2.17. The molecule has 0 saturated carbocycles. The molecular weight excluding hydrogens is 294 g/mol. The first-order chi connectivity index (χ1) is 7.46. The van der Waals surface area contributed by atoms with Crippen molar-refractivity contribution in [3.8, 4) is 0 Å². The lowest BCUT2D eigenvalue weighted by Gasteiger charge is -2.23. The lowest BCUT2D eigenvalue weighted by Crippen LogP contribution is -2.20. The minimum absolute atomic E-state index is 0.184. The molecule has 0 aromatic carbocycles. The summed E-state index contributed by atoms with van der Waals surface area (Å²) < 4.78 is 31.4. The van der Waals surface area contributed by atoms with Gasteiger partial charge in [-0.15, -0.1) is 0 Å². The van der Waals surface area contributed by atoms with Crippen LogP contribution in [0.25, 0.3) is 0 Å². The number of pyridine rings is 1. The number of rotatable bonds is 2. The maximum absolute atomic E-state index is 10.9. The fourth-order valence-electron chi connectivity index (χ4n) is 2.14. The Labute approximate surface area is 103 Å². The Kier molecular flexibility index (Phi) is 3.32. The topological polar surface area (TPSA) is 67.3 Å². The fourth-order valence-corrected chi connectivity index (χ4v) is 3.29. The zero-order valence-electron chi connectivity index (χ0n) is 8.56. The molecule has 1 aromatic heterocycles. The Morgan fingerprint density at radius 3 is 2.94 bits per heavy atom. The minimum atomic E-state index is -3.93. The van der Waals surface area contributed by atoms with E-state index in [2.05, 4.69) is 20.9 Å². The second-order valence-corrected chi connectivity index (χ2v) is 6.33. The Bertz CT molecular complexity index is 501. The molecule has 0 aliphatic heterocycles. The van der Waals surface area contributed by atoms with E-state index >= 15 is 0 Å². The Morgan fingerprint density at radius 1 is 1.50 bits per heavy atom. The lowest BCUT2D eigenvalue weighted by molar-refractivity contribution is 0.467. The summed E-state index contributed by atoms with van der Waals surface area (Å²) in [6, 6.07) is 3.82. The van der Waals surface area contributed by atoms with Crippen LogP contribution in [-0.2, 0) is 16.5 Å². The predicted molar refractivity (Wildman–Crippen MR) is 64.0 cm³/mol. The second-order valence-electron chi connectivity index (χ2n) is 4.02. The van der Waals surface area contributed by atoms with Crippen LogP contribution >= 0.6 is 15.9 Å². The van der Waals surface area contributed by atoms with Crippen LogP contribution in [0.1, 0.15) is 30.0 Å². The number of nitrogens with zero attached hydrogens (tertiary/aromatic N) is 1. The largest absolute Gasteiger partial charge is 0.286 e. The van der Waals surface area contributed by atoms with Crippen LogP contribution in [0.4, 0.5) is 0 Å². The maximum atomic E-state index is 10.9. The highest BCUT2D eigenvalue weighted by Gasteiger charge is 2.25. The van der Waals surface area contributed by atoms with E-state index in [4.69, 9.17) is 4.55 Å². The summed E-state index contributed by atoms with van der Waals surface area (Å²) >= 11 is 3.27. The van der Waals surface area contributed by atoms with Crippen LogP contribution in [0.3, 0.4) is 0 Å². The fraction of sp³-hybridized carbons (Fsp3) is 0.500. The molecule has 0 spiro atoms. The normalized spacial score (nSPS) is 20.5. The van der Waals surface area contributed by atoms with Crippen LogP contribution in [0, 0.1) is 0 Å². The zero-order chi connectivity index (χ0) is 11.8. The first-order valence-electron chi connectivity index (χ1n) is 5.06.